The number of rotatable bonds is 8. The fraction of sp³-hybridized carbons (Fsp3) is 0.600. The van der Waals surface area contributed by atoms with Gasteiger partial charge in [-0.2, -0.15) is 0 Å². The molecule has 0 radical (unpaired) electrons. The van der Waals surface area contributed by atoms with E-state index in [2.05, 4.69) is 13.0 Å². The minimum absolute atomic E-state index is 0.368. The molecular formula is C15H26N2O2. The van der Waals surface area contributed by atoms with Gasteiger partial charge in [0.05, 0.1) is 13.7 Å². The molecular weight excluding hydrogens is 240 g/mol. The summed E-state index contributed by atoms with van der Waals surface area (Å²) >= 11 is 0. The third-order valence-corrected chi connectivity index (χ3v) is 3.41. The van der Waals surface area contributed by atoms with Crippen LogP contribution in [0.15, 0.2) is 18.2 Å². The van der Waals surface area contributed by atoms with Crippen molar-refractivity contribution < 1.29 is 9.47 Å². The molecule has 0 spiro atoms. The van der Waals surface area contributed by atoms with Gasteiger partial charge >= 0.3 is 0 Å². The smallest absolute Gasteiger partial charge is 0.161 e. The molecule has 0 aliphatic heterocycles. The van der Waals surface area contributed by atoms with Gasteiger partial charge in [0.25, 0.3) is 0 Å². The highest BCUT2D eigenvalue weighted by Crippen LogP contribution is 2.32. The maximum atomic E-state index is 5.70. The molecule has 0 aromatic heterocycles. The molecule has 1 atom stereocenters. The molecule has 0 amide bonds. The van der Waals surface area contributed by atoms with Crippen LogP contribution in [0.25, 0.3) is 0 Å². The lowest BCUT2D eigenvalue weighted by molar-refractivity contribution is 0.310. The topological polar surface area (TPSA) is 70.5 Å². The summed E-state index contributed by atoms with van der Waals surface area (Å²) in [5, 5.41) is 0. The zero-order chi connectivity index (χ0) is 14.3. The number of methoxy groups -OCH3 is 1. The summed E-state index contributed by atoms with van der Waals surface area (Å²) in [7, 11) is 1.66. The van der Waals surface area contributed by atoms with E-state index in [1.807, 2.05) is 19.1 Å². The minimum atomic E-state index is 0.368. The lowest BCUT2D eigenvalue weighted by atomic mass is 9.90. The van der Waals surface area contributed by atoms with Crippen LogP contribution >= 0.6 is 0 Å². The Kier molecular flexibility index (Phi) is 6.67. The van der Waals surface area contributed by atoms with Gasteiger partial charge in [0, 0.05) is 0 Å². The maximum absolute atomic E-state index is 5.70. The maximum Gasteiger partial charge on any atom is 0.161 e. The second-order valence-corrected chi connectivity index (χ2v) is 4.82. The Morgan fingerprint density at radius 1 is 1.16 bits per heavy atom. The van der Waals surface area contributed by atoms with Crippen molar-refractivity contribution in [2.75, 3.05) is 26.8 Å². The van der Waals surface area contributed by atoms with Gasteiger partial charge in [-0.25, -0.2) is 0 Å². The Balaban J connectivity index is 2.83. The lowest BCUT2D eigenvalue weighted by Gasteiger charge is -2.19. The predicted molar refractivity (Wildman–Crippen MR) is 78.8 cm³/mol. The van der Waals surface area contributed by atoms with E-state index < -0.39 is 0 Å². The molecule has 0 aliphatic rings. The summed E-state index contributed by atoms with van der Waals surface area (Å²) in [6.45, 7) is 6.05. The van der Waals surface area contributed by atoms with Crippen molar-refractivity contribution in [3.63, 3.8) is 0 Å². The van der Waals surface area contributed by atoms with Crippen LogP contribution in [0.5, 0.6) is 11.5 Å². The third-order valence-electron chi connectivity index (χ3n) is 3.41. The first-order chi connectivity index (χ1) is 9.15. The molecule has 4 heteroatoms. The van der Waals surface area contributed by atoms with Crippen LogP contribution in [-0.4, -0.2) is 26.8 Å². The quantitative estimate of drug-likeness (QED) is 0.756. The van der Waals surface area contributed by atoms with Crippen molar-refractivity contribution in [2.24, 2.45) is 17.4 Å². The summed E-state index contributed by atoms with van der Waals surface area (Å²) in [6, 6.07) is 6.09. The molecule has 4 nitrogen and oxygen atoms in total. The molecule has 0 saturated heterocycles. The molecule has 0 aliphatic carbocycles. The largest absolute Gasteiger partial charge is 0.493 e. The molecule has 1 unspecified atom stereocenters. The predicted octanol–water partition coefficient (Wildman–Crippen LogP) is 2.12. The van der Waals surface area contributed by atoms with Crippen molar-refractivity contribution in [1.29, 1.82) is 0 Å². The number of hydrogen-bond acceptors (Lipinski definition) is 4. The molecule has 0 fully saturated rings. The van der Waals surface area contributed by atoms with E-state index in [0.29, 0.717) is 31.5 Å². The number of ether oxygens (including phenoxy) is 2. The molecule has 1 rings (SSSR count). The summed E-state index contributed by atoms with van der Waals surface area (Å²) in [4.78, 5) is 0. The van der Waals surface area contributed by atoms with Crippen LogP contribution in [0.2, 0.25) is 0 Å². The van der Waals surface area contributed by atoms with Crippen LogP contribution in [-0.2, 0) is 0 Å². The van der Waals surface area contributed by atoms with Crippen molar-refractivity contribution >= 4 is 0 Å². The van der Waals surface area contributed by atoms with Crippen LogP contribution in [0.4, 0.5) is 0 Å². The van der Waals surface area contributed by atoms with E-state index >= 15 is 0 Å². The van der Waals surface area contributed by atoms with Gasteiger partial charge in [-0.15, -0.1) is 0 Å². The third kappa shape index (κ3) is 4.40. The summed E-state index contributed by atoms with van der Waals surface area (Å²) in [6.07, 6.45) is 0.990. The molecule has 0 saturated carbocycles. The zero-order valence-electron chi connectivity index (χ0n) is 12.2. The van der Waals surface area contributed by atoms with Gasteiger partial charge in [-0.1, -0.05) is 13.0 Å². The Morgan fingerprint density at radius 3 is 2.37 bits per heavy atom. The van der Waals surface area contributed by atoms with Crippen molar-refractivity contribution in [2.45, 2.75) is 26.2 Å². The Labute approximate surface area is 116 Å². The van der Waals surface area contributed by atoms with Gasteiger partial charge in [0.15, 0.2) is 11.5 Å². The molecule has 19 heavy (non-hydrogen) atoms. The molecule has 0 heterocycles. The van der Waals surface area contributed by atoms with E-state index in [9.17, 15) is 0 Å². The van der Waals surface area contributed by atoms with E-state index in [1.165, 1.54) is 5.56 Å². The SMILES string of the molecule is CCOc1ccc(C(C)CC(CN)CN)cc1OC. The van der Waals surface area contributed by atoms with Crippen LogP contribution in [0.3, 0.4) is 0 Å². The number of hydrogen-bond donors (Lipinski definition) is 2. The van der Waals surface area contributed by atoms with Gasteiger partial charge in [-0.3, -0.25) is 0 Å². The highest BCUT2D eigenvalue weighted by molar-refractivity contribution is 5.43. The van der Waals surface area contributed by atoms with Crippen molar-refractivity contribution in [3.05, 3.63) is 23.8 Å². The van der Waals surface area contributed by atoms with Crippen molar-refractivity contribution in [3.8, 4) is 11.5 Å². The fourth-order valence-corrected chi connectivity index (χ4v) is 2.19. The normalized spacial score (nSPS) is 12.5. The Hall–Kier alpha value is -1.26. The summed E-state index contributed by atoms with van der Waals surface area (Å²) in [5.74, 6) is 2.34. The second kappa shape index (κ2) is 8.02. The highest BCUT2D eigenvalue weighted by atomic mass is 16.5. The van der Waals surface area contributed by atoms with Gasteiger partial charge in [0.1, 0.15) is 0 Å². The molecule has 4 N–H and O–H groups in total. The number of nitrogens with two attached hydrogens (primary N) is 2. The van der Waals surface area contributed by atoms with Crippen molar-refractivity contribution in [1.82, 2.24) is 0 Å². The standard InChI is InChI=1S/C15H26N2O2/c1-4-19-14-6-5-13(8-15(14)18-3)11(2)7-12(9-16)10-17/h5-6,8,11-12H,4,7,9-10,16-17H2,1-3H3. The molecule has 0 bridgehead atoms. The van der Waals surface area contributed by atoms with E-state index in [1.54, 1.807) is 7.11 Å². The zero-order valence-corrected chi connectivity index (χ0v) is 12.2. The molecule has 108 valence electrons. The average Bonchev–Trinajstić information content (AvgIpc) is 2.45. The van der Waals surface area contributed by atoms with Crippen LogP contribution in [0.1, 0.15) is 31.7 Å². The molecule has 1 aromatic carbocycles. The van der Waals surface area contributed by atoms with E-state index in [-0.39, 0.29) is 0 Å². The fourth-order valence-electron chi connectivity index (χ4n) is 2.19. The average molecular weight is 266 g/mol. The Morgan fingerprint density at radius 2 is 1.84 bits per heavy atom. The Bertz CT molecular complexity index is 378. The van der Waals surface area contributed by atoms with Crippen LogP contribution in [0, 0.1) is 5.92 Å². The number of benzene rings is 1. The second-order valence-electron chi connectivity index (χ2n) is 4.82. The first-order valence-electron chi connectivity index (χ1n) is 6.87. The summed E-state index contributed by atoms with van der Waals surface area (Å²) in [5.41, 5.74) is 12.6. The first-order valence-corrected chi connectivity index (χ1v) is 6.87. The minimum Gasteiger partial charge on any atom is -0.493 e. The van der Waals surface area contributed by atoms with Gasteiger partial charge < -0.3 is 20.9 Å². The highest BCUT2D eigenvalue weighted by Gasteiger charge is 2.14. The van der Waals surface area contributed by atoms with E-state index in [4.69, 9.17) is 20.9 Å². The van der Waals surface area contributed by atoms with Gasteiger partial charge in [0.2, 0.25) is 0 Å². The summed E-state index contributed by atoms with van der Waals surface area (Å²) < 4.78 is 10.9. The van der Waals surface area contributed by atoms with E-state index in [0.717, 1.165) is 17.9 Å². The lowest BCUT2D eigenvalue weighted by Crippen LogP contribution is -2.24. The van der Waals surface area contributed by atoms with Gasteiger partial charge in [-0.05, 0) is 56.0 Å². The monoisotopic (exact) mass is 266 g/mol. The van der Waals surface area contributed by atoms with Crippen LogP contribution < -0.4 is 20.9 Å². The first kappa shape index (κ1) is 15.8. The molecule has 1 aromatic rings.